The van der Waals surface area contributed by atoms with Gasteiger partial charge in [-0.1, -0.05) is 37.3 Å². The van der Waals surface area contributed by atoms with Crippen LogP contribution in [-0.2, 0) is 9.59 Å². The third kappa shape index (κ3) is 5.29. The van der Waals surface area contributed by atoms with Gasteiger partial charge >= 0.3 is 6.18 Å². The number of hydrogen-bond acceptors (Lipinski definition) is 2. The van der Waals surface area contributed by atoms with Gasteiger partial charge in [0.15, 0.2) is 0 Å². The number of hydrogen-bond donors (Lipinski definition) is 2. The summed E-state index contributed by atoms with van der Waals surface area (Å²) in [5.74, 6) is -2.37. The summed E-state index contributed by atoms with van der Waals surface area (Å²) in [6.45, 7) is 1.77. The van der Waals surface area contributed by atoms with Crippen LogP contribution < -0.4 is 10.9 Å². The first kappa shape index (κ1) is 16.0. The van der Waals surface area contributed by atoms with E-state index in [0.717, 1.165) is 5.56 Å². The third-order valence-electron chi connectivity index (χ3n) is 2.61. The Morgan fingerprint density at radius 1 is 1.15 bits per heavy atom. The van der Waals surface area contributed by atoms with Crippen molar-refractivity contribution in [1.82, 2.24) is 10.9 Å². The van der Waals surface area contributed by atoms with Crippen LogP contribution in [0.15, 0.2) is 30.3 Å². The number of rotatable bonds is 4. The largest absolute Gasteiger partial charge is 0.397 e. The predicted octanol–water partition coefficient (Wildman–Crippen LogP) is 2.28. The third-order valence-corrected chi connectivity index (χ3v) is 2.61. The molecule has 2 N–H and O–H groups in total. The number of carbonyl (C=O) groups is 2. The highest BCUT2D eigenvalue weighted by Crippen LogP contribution is 2.20. The van der Waals surface area contributed by atoms with E-state index in [4.69, 9.17) is 0 Å². The maximum atomic E-state index is 11.9. The first-order chi connectivity index (χ1) is 9.33. The molecule has 0 radical (unpaired) electrons. The Balaban J connectivity index is 2.55. The van der Waals surface area contributed by atoms with Crippen molar-refractivity contribution in [3.63, 3.8) is 0 Å². The van der Waals surface area contributed by atoms with Gasteiger partial charge in [-0.05, 0) is 12.0 Å². The molecule has 110 valence electrons. The molecule has 20 heavy (non-hydrogen) atoms. The van der Waals surface area contributed by atoms with Gasteiger partial charge in [0.2, 0.25) is 11.8 Å². The van der Waals surface area contributed by atoms with Crippen molar-refractivity contribution >= 4 is 11.8 Å². The lowest BCUT2D eigenvalue weighted by atomic mass is 9.96. The van der Waals surface area contributed by atoms with Crippen LogP contribution in [0.4, 0.5) is 13.2 Å². The molecule has 0 saturated heterocycles. The highest BCUT2D eigenvalue weighted by atomic mass is 19.4. The minimum atomic E-state index is -4.60. The fraction of sp³-hybridized carbons (Fsp3) is 0.385. The summed E-state index contributed by atoms with van der Waals surface area (Å²) in [6.07, 6.45) is -5.77. The summed E-state index contributed by atoms with van der Waals surface area (Å²) in [6, 6.07) is 8.79. The molecule has 0 heterocycles. The van der Waals surface area contributed by atoms with Crippen molar-refractivity contribution in [3.05, 3.63) is 35.9 Å². The average molecular weight is 288 g/mol. The van der Waals surface area contributed by atoms with Gasteiger partial charge in [0.25, 0.3) is 0 Å². The molecule has 0 saturated carbocycles. The van der Waals surface area contributed by atoms with Crippen LogP contribution in [0.5, 0.6) is 0 Å². The second kappa shape index (κ2) is 6.93. The number of hydrazine groups is 1. The monoisotopic (exact) mass is 288 g/mol. The van der Waals surface area contributed by atoms with Crippen molar-refractivity contribution < 1.29 is 22.8 Å². The molecule has 0 spiro atoms. The summed E-state index contributed by atoms with van der Waals surface area (Å²) in [5.41, 5.74) is 4.51. The zero-order chi connectivity index (χ0) is 15.2. The number of nitrogens with one attached hydrogen (secondary N) is 2. The Hall–Kier alpha value is -2.05. The molecule has 1 unspecified atom stereocenters. The summed E-state index contributed by atoms with van der Waals surface area (Å²) in [7, 11) is 0. The van der Waals surface area contributed by atoms with Gasteiger partial charge in [-0.3, -0.25) is 20.4 Å². The summed E-state index contributed by atoms with van der Waals surface area (Å²) >= 11 is 0. The number of alkyl halides is 3. The number of amides is 2. The van der Waals surface area contributed by atoms with Crippen LogP contribution in [0.1, 0.15) is 31.2 Å². The fourth-order valence-electron chi connectivity index (χ4n) is 1.70. The van der Waals surface area contributed by atoms with E-state index in [2.05, 4.69) is 0 Å². The van der Waals surface area contributed by atoms with Gasteiger partial charge in [0, 0.05) is 0 Å². The molecule has 0 aliphatic carbocycles. The van der Waals surface area contributed by atoms with Crippen molar-refractivity contribution in [2.75, 3.05) is 0 Å². The second-order valence-electron chi connectivity index (χ2n) is 4.20. The molecule has 1 aromatic rings. The van der Waals surface area contributed by atoms with Gasteiger partial charge in [-0.25, -0.2) is 0 Å². The number of benzene rings is 1. The van der Waals surface area contributed by atoms with E-state index >= 15 is 0 Å². The normalized spacial score (nSPS) is 12.6. The van der Waals surface area contributed by atoms with E-state index in [0.29, 0.717) is 6.42 Å². The number of carbonyl (C=O) groups excluding carboxylic acids is 2. The quantitative estimate of drug-likeness (QED) is 0.835. The molecule has 1 aromatic carbocycles. The van der Waals surface area contributed by atoms with Crippen LogP contribution in [0.2, 0.25) is 0 Å². The molecule has 1 rings (SSSR count). The Bertz CT molecular complexity index is 460. The lowest BCUT2D eigenvalue weighted by Crippen LogP contribution is -2.45. The zero-order valence-electron chi connectivity index (χ0n) is 10.8. The molecule has 0 bridgehead atoms. The molecular formula is C13H15F3N2O2. The molecule has 0 aliphatic rings. The van der Waals surface area contributed by atoms with Crippen LogP contribution in [0.3, 0.4) is 0 Å². The van der Waals surface area contributed by atoms with Crippen LogP contribution in [0, 0.1) is 0 Å². The van der Waals surface area contributed by atoms with E-state index in [-0.39, 0.29) is 0 Å². The first-order valence-electron chi connectivity index (χ1n) is 6.04. The first-order valence-corrected chi connectivity index (χ1v) is 6.04. The van der Waals surface area contributed by atoms with Gasteiger partial charge in [0.1, 0.15) is 6.42 Å². The molecule has 4 nitrogen and oxygen atoms in total. The van der Waals surface area contributed by atoms with Crippen molar-refractivity contribution in [2.45, 2.75) is 31.9 Å². The molecule has 1 atom stereocenters. The van der Waals surface area contributed by atoms with Gasteiger partial charge in [-0.2, -0.15) is 13.2 Å². The molecule has 0 aromatic heterocycles. The highest BCUT2D eigenvalue weighted by Gasteiger charge is 2.31. The number of halogens is 3. The Labute approximate surface area is 114 Å². The van der Waals surface area contributed by atoms with Crippen LogP contribution in [-0.4, -0.2) is 18.0 Å². The molecule has 2 amide bonds. The molecule has 0 aliphatic heterocycles. The maximum absolute atomic E-state index is 11.9. The van der Waals surface area contributed by atoms with Gasteiger partial charge in [0.05, 0.1) is 5.92 Å². The lowest BCUT2D eigenvalue weighted by Gasteiger charge is -2.16. The Morgan fingerprint density at radius 3 is 2.25 bits per heavy atom. The smallest absolute Gasteiger partial charge is 0.273 e. The van der Waals surface area contributed by atoms with E-state index in [9.17, 15) is 22.8 Å². The SMILES string of the molecule is CCC(C(=O)NNC(=O)CC(F)(F)F)c1ccccc1. The van der Waals surface area contributed by atoms with E-state index in [1.165, 1.54) is 0 Å². The van der Waals surface area contributed by atoms with E-state index < -0.39 is 30.3 Å². The van der Waals surface area contributed by atoms with Crippen LogP contribution >= 0.6 is 0 Å². The maximum Gasteiger partial charge on any atom is 0.397 e. The Morgan fingerprint density at radius 2 is 1.75 bits per heavy atom. The lowest BCUT2D eigenvalue weighted by molar-refractivity contribution is -0.155. The summed E-state index contributed by atoms with van der Waals surface area (Å²) in [4.78, 5) is 22.8. The second-order valence-corrected chi connectivity index (χ2v) is 4.20. The van der Waals surface area contributed by atoms with E-state index in [1.54, 1.807) is 42.7 Å². The van der Waals surface area contributed by atoms with Crippen LogP contribution in [0.25, 0.3) is 0 Å². The zero-order valence-corrected chi connectivity index (χ0v) is 10.8. The summed E-state index contributed by atoms with van der Waals surface area (Å²) in [5, 5.41) is 0. The summed E-state index contributed by atoms with van der Waals surface area (Å²) < 4.78 is 35.8. The predicted molar refractivity (Wildman–Crippen MR) is 66.4 cm³/mol. The minimum Gasteiger partial charge on any atom is -0.273 e. The van der Waals surface area contributed by atoms with Crippen molar-refractivity contribution in [1.29, 1.82) is 0 Å². The topological polar surface area (TPSA) is 58.2 Å². The molecule has 0 fully saturated rings. The standard InChI is InChI=1S/C13H15F3N2O2/c1-2-10(9-6-4-3-5-7-9)12(20)18-17-11(19)8-13(14,15)16/h3-7,10H,2,8H2,1H3,(H,17,19)(H,18,20). The minimum absolute atomic E-state index is 0.463. The highest BCUT2D eigenvalue weighted by molar-refractivity contribution is 5.86. The molecular weight excluding hydrogens is 273 g/mol. The van der Waals surface area contributed by atoms with Gasteiger partial charge in [-0.15, -0.1) is 0 Å². The van der Waals surface area contributed by atoms with Gasteiger partial charge < -0.3 is 0 Å². The fourth-order valence-corrected chi connectivity index (χ4v) is 1.70. The average Bonchev–Trinajstić information content (AvgIpc) is 2.36. The molecule has 7 heteroatoms. The van der Waals surface area contributed by atoms with Crippen molar-refractivity contribution in [3.8, 4) is 0 Å². The Kier molecular flexibility index (Phi) is 5.54. The van der Waals surface area contributed by atoms with E-state index in [1.807, 2.05) is 5.43 Å². The van der Waals surface area contributed by atoms with Crippen molar-refractivity contribution in [2.24, 2.45) is 0 Å².